The number of nitrogens with zero attached hydrogens (tertiary/aromatic N) is 2. The van der Waals surface area contributed by atoms with Gasteiger partial charge in [-0.3, -0.25) is 0 Å². The number of ether oxygens (including phenoxy) is 1. The monoisotopic (exact) mass is 363 g/mol. The van der Waals surface area contributed by atoms with Gasteiger partial charge in [0, 0.05) is 30.3 Å². The molecule has 1 fully saturated rings. The Labute approximate surface area is 127 Å². The van der Waals surface area contributed by atoms with Gasteiger partial charge in [-0.2, -0.15) is 4.31 Å². The molecule has 1 N–H and O–H groups in total. The molecule has 0 aliphatic carbocycles. The van der Waals surface area contributed by atoms with Crippen LogP contribution in [0, 0.1) is 0 Å². The summed E-state index contributed by atoms with van der Waals surface area (Å²) in [4.78, 5) is 4.28. The van der Waals surface area contributed by atoms with Gasteiger partial charge in [-0.25, -0.2) is 13.4 Å². The molecule has 1 aromatic rings. The lowest BCUT2D eigenvalue weighted by atomic mass is 10.2. The molecule has 0 saturated carbocycles. The van der Waals surface area contributed by atoms with Crippen molar-refractivity contribution in [2.24, 2.45) is 0 Å². The van der Waals surface area contributed by atoms with Crippen LogP contribution in [-0.2, 0) is 14.8 Å². The van der Waals surface area contributed by atoms with E-state index < -0.39 is 10.0 Å². The number of hydrogen-bond donors (Lipinski definition) is 1. The SMILES string of the molecule is CNc1ncc(Br)cc1S(=O)(=O)N1CC(C)OCC1C. The Balaban J connectivity index is 2.46. The van der Waals surface area contributed by atoms with Crippen LogP contribution < -0.4 is 5.32 Å². The average molecular weight is 364 g/mol. The zero-order chi connectivity index (χ0) is 14.9. The molecule has 2 rings (SSSR count). The molecule has 8 heteroatoms. The standard InChI is InChI=1S/C12H18BrN3O3S/c1-8-7-19-9(2)6-16(8)20(17,18)11-4-10(13)5-15-12(11)14-3/h4-5,8-9H,6-7H2,1-3H3,(H,14,15). The molecule has 1 aromatic heterocycles. The molecule has 20 heavy (non-hydrogen) atoms. The van der Waals surface area contributed by atoms with Gasteiger partial charge in [0.25, 0.3) is 0 Å². The van der Waals surface area contributed by atoms with Crippen molar-refractivity contribution < 1.29 is 13.2 Å². The van der Waals surface area contributed by atoms with E-state index >= 15 is 0 Å². The van der Waals surface area contributed by atoms with Crippen LogP contribution >= 0.6 is 15.9 Å². The molecule has 1 aliphatic heterocycles. The highest BCUT2D eigenvalue weighted by Gasteiger charge is 2.35. The smallest absolute Gasteiger partial charge is 0.247 e. The fraction of sp³-hybridized carbons (Fsp3) is 0.583. The van der Waals surface area contributed by atoms with E-state index in [1.807, 2.05) is 13.8 Å². The molecular weight excluding hydrogens is 346 g/mol. The van der Waals surface area contributed by atoms with E-state index in [9.17, 15) is 8.42 Å². The summed E-state index contributed by atoms with van der Waals surface area (Å²) in [7, 11) is -1.96. The van der Waals surface area contributed by atoms with Gasteiger partial charge in [0.15, 0.2) is 0 Å². The van der Waals surface area contributed by atoms with Crippen LogP contribution in [0.1, 0.15) is 13.8 Å². The van der Waals surface area contributed by atoms with Crippen molar-refractivity contribution in [2.75, 3.05) is 25.5 Å². The molecule has 2 heterocycles. The Morgan fingerprint density at radius 2 is 2.20 bits per heavy atom. The van der Waals surface area contributed by atoms with Crippen molar-refractivity contribution in [3.8, 4) is 0 Å². The second-order valence-corrected chi connectivity index (χ2v) is 7.59. The predicted molar refractivity (Wildman–Crippen MR) is 80.3 cm³/mol. The third-order valence-corrected chi connectivity index (χ3v) is 5.62. The van der Waals surface area contributed by atoms with Crippen molar-refractivity contribution in [2.45, 2.75) is 30.9 Å². The van der Waals surface area contributed by atoms with Gasteiger partial charge in [0.05, 0.1) is 12.7 Å². The lowest BCUT2D eigenvalue weighted by molar-refractivity contribution is -0.0170. The zero-order valence-corrected chi connectivity index (χ0v) is 14.0. The molecule has 2 unspecified atom stereocenters. The highest BCUT2D eigenvalue weighted by molar-refractivity contribution is 9.10. The quantitative estimate of drug-likeness (QED) is 0.884. The second kappa shape index (κ2) is 5.97. The number of hydrogen-bond acceptors (Lipinski definition) is 5. The molecule has 0 radical (unpaired) electrons. The highest BCUT2D eigenvalue weighted by atomic mass is 79.9. The summed E-state index contributed by atoms with van der Waals surface area (Å²) in [5.74, 6) is 0.347. The lowest BCUT2D eigenvalue weighted by Crippen LogP contribution is -2.50. The number of morpholine rings is 1. The van der Waals surface area contributed by atoms with Crippen molar-refractivity contribution >= 4 is 31.8 Å². The van der Waals surface area contributed by atoms with E-state index in [2.05, 4.69) is 26.2 Å². The van der Waals surface area contributed by atoms with Crippen molar-refractivity contribution in [1.82, 2.24) is 9.29 Å². The number of rotatable bonds is 3. The Bertz CT molecular complexity index is 594. The average Bonchev–Trinajstić information content (AvgIpc) is 2.41. The van der Waals surface area contributed by atoms with E-state index in [0.29, 0.717) is 23.4 Å². The minimum atomic E-state index is -3.61. The number of sulfonamides is 1. The molecule has 0 bridgehead atoms. The number of halogens is 1. The Hall–Kier alpha value is -0.700. The lowest BCUT2D eigenvalue weighted by Gasteiger charge is -2.35. The number of aromatic nitrogens is 1. The summed E-state index contributed by atoms with van der Waals surface area (Å²) in [5.41, 5.74) is 0. The second-order valence-electron chi connectivity index (χ2n) is 4.82. The number of pyridine rings is 1. The fourth-order valence-electron chi connectivity index (χ4n) is 2.14. The zero-order valence-electron chi connectivity index (χ0n) is 11.6. The summed E-state index contributed by atoms with van der Waals surface area (Å²) >= 11 is 3.27. The normalized spacial score (nSPS) is 24.6. The van der Waals surface area contributed by atoms with Gasteiger partial charge in [-0.15, -0.1) is 0 Å². The van der Waals surface area contributed by atoms with Gasteiger partial charge < -0.3 is 10.1 Å². The van der Waals surface area contributed by atoms with Gasteiger partial charge >= 0.3 is 0 Å². The number of anilines is 1. The van der Waals surface area contributed by atoms with E-state index in [-0.39, 0.29) is 17.0 Å². The van der Waals surface area contributed by atoms with Gasteiger partial charge in [0.2, 0.25) is 10.0 Å². The molecule has 0 spiro atoms. The Morgan fingerprint density at radius 1 is 1.50 bits per heavy atom. The van der Waals surface area contributed by atoms with E-state index in [1.165, 1.54) is 4.31 Å². The third-order valence-electron chi connectivity index (χ3n) is 3.19. The Morgan fingerprint density at radius 3 is 2.85 bits per heavy atom. The molecule has 0 amide bonds. The summed E-state index contributed by atoms with van der Waals surface area (Å²) < 4.78 is 33.3. The largest absolute Gasteiger partial charge is 0.375 e. The Kier molecular flexibility index (Phi) is 4.68. The minimum Gasteiger partial charge on any atom is -0.375 e. The molecule has 2 atom stereocenters. The maximum atomic E-state index is 12.8. The fourth-order valence-corrected chi connectivity index (χ4v) is 4.49. The van der Waals surface area contributed by atoms with Gasteiger partial charge in [-0.05, 0) is 35.8 Å². The molecular formula is C12H18BrN3O3S. The summed E-state index contributed by atoms with van der Waals surface area (Å²) in [6.07, 6.45) is 1.45. The van der Waals surface area contributed by atoms with Crippen LogP contribution in [0.5, 0.6) is 0 Å². The summed E-state index contributed by atoms with van der Waals surface area (Å²) in [5, 5.41) is 2.83. The topological polar surface area (TPSA) is 71.5 Å². The molecule has 6 nitrogen and oxygen atoms in total. The first-order chi connectivity index (χ1) is 9.36. The summed E-state index contributed by atoms with van der Waals surface area (Å²) in [6, 6.07) is 1.38. The molecule has 112 valence electrons. The van der Waals surface area contributed by atoms with Gasteiger partial charge in [0.1, 0.15) is 10.7 Å². The van der Waals surface area contributed by atoms with Crippen LogP contribution in [-0.4, -0.2) is 50.1 Å². The van der Waals surface area contributed by atoms with E-state index in [4.69, 9.17) is 4.74 Å². The predicted octanol–water partition coefficient (Wildman–Crippen LogP) is 1.68. The van der Waals surface area contributed by atoms with Crippen molar-refractivity contribution in [3.63, 3.8) is 0 Å². The van der Waals surface area contributed by atoms with E-state index in [1.54, 1.807) is 19.3 Å². The van der Waals surface area contributed by atoms with Crippen LogP contribution in [0.15, 0.2) is 21.6 Å². The van der Waals surface area contributed by atoms with Gasteiger partial charge in [-0.1, -0.05) is 0 Å². The van der Waals surface area contributed by atoms with Crippen LogP contribution in [0.2, 0.25) is 0 Å². The summed E-state index contributed by atoms with van der Waals surface area (Å²) in [6.45, 7) is 4.45. The molecule has 1 aliphatic rings. The third kappa shape index (κ3) is 2.98. The maximum Gasteiger partial charge on any atom is 0.247 e. The number of nitrogens with one attached hydrogen (secondary N) is 1. The minimum absolute atomic E-state index is 0.112. The van der Waals surface area contributed by atoms with Crippen molar-refractivity contribution in [1.29, 1.82) is 0 Å². The van der Waals surface area contributed by atoms with Crippen LogP contribution in [0.3, 0.4) is 0 Å². The first-order valence-corrected chi connectivity index (χ1v) is 8.56. The maximum absolute atomic E-state index is 12.8. The first kappa shape index (κ1) is 15.7. The van der Waals surface area contributed by atoms with E-state index in [0.717, 1.165) is 0 Å². The first-order valence-electron chi connectivity index (χ1n) is 6.33. The molecule has 0 aromatic carbocycles. The highest BCUT2D eigenvalue weighted by Crippen LogP contribution is 2.28. The van der Waals surface area contributed by atoms with Crippen molar-refractivity contribution in [3.05, 3.63) is 16.7 Å². The van der Waals surface area contributed by atoms with Crippen LogP contribution in [0.4, 0.5) is 5.82 Å². The van der Waals surface area contributed by atoms with Crippen LogP contribution in [0.25, 0.3) is 0 Å². The molecule has 1 saturated heterocycles.